The summed E-state index contributed by atoms with van der Waals surface area (Å²) in [6.45, 7) is 2.07. The molecule has 0 bridgehead atoms. The van der Waals surface area contributed by atoms with Crippen molar-refractivity contribution in [2.75, 3.05) is 13.2 Å². The SMILES string of the molecule is NCc1coc(C2CCOCC2)n1. The van der Waals surface area contributed by atoms with Crippen LogP contribution >= 0.6 is 0 Å². The van der Waals surface area contributed by atoms with Crippen molar-refractivity contribution in [1.29, 1.82) is 0 Å². The predicted molar refractivity (Wildman–Crippen MR) is 47.2 cm³/mol. The van der Waals surface area contributed by atoms with Crippen molar-refractivity contribution < 1.29 is 9.15 Å². The maximum atomic E-state index is 5.45. The molecule has 1 aliphatic heterocycles. The van der Waals surface area contributed by atoms with Crippen LogP contribution < -0.4 is 5.73 Å². The van der Waals surface area contributed by atoms with Gasteiger partial charge in [-0.15, -0.1) is 0 Å². The normalized spacial score (nSPS) is 19.2. The summed E-state index contributed by atoms with van der Waals surface area (Å²) in [7, 11) is 0. The number of oxazole rings is 1. The van der Waals surface area contributed by atoms with Gasteiger partial charge in [0.15, 0.2) is 5.89 Å². The first-order chi connectivity index (χ1) is 6.40. The number of nitrogens with zero attached hydrogens (tertiary/aromatic N) is 1. The quantitative estimate of drug-likeness (QED) is 0.742. The van der Waals surface area contributed by atoms with Crippen LogP contribution in [0.2, 0.25) is 0 Å². The second-order valence-corrected chi connectivity index (χ2v) is 3.27. The molecule has 0 radical (unpaired) electrons. The number of nitrogens with two attached hydrogens (primary N) is 1. The zero-order valence-corrected chi connectivity index (χ0v) is 7.53. The monoisotopic (exact) mass is 182 g/mol. The van der Waals surface area contributed by atoms with Crippen molar-refractivity contribution >= 4 is 0 Å². The van der Waals surface area contributed by atoms with Gasteiger partial charge in [0.2, 0.25) is 0 Å². The van der Waals surface area contributed by atoms with E-state index in [1.165, 1.54) is 0 Å². The Morgan fingerprint density at radius 1 is 1.46 bits per heavy atom. The van der Waals surface area contributed by atoms with E-state index in [0.29, 0.717) is 12.5 Å². The van der Waals surface area contributed by atoms with Gasteiger partial charge in [0, 0.05) is 25.7 Å². The molecule has 1 saturated heterocycles. The molecule has 0 amide bonds. The lowest BCUT2D eigenvalue weighted by molar-refractivity contribution is 0.0794. The van der Waals surface area contributed by atoms with Gasteiger partial charge in [-0.2, -0.15) is 0 Å². The first-order valence-electron chi connectivity index (χ1n) is 4.62. The summed E-state index contributed by atoms with van der Waals surface area (Å²) < 4.78 is 10.6. The van der Waals surface area contributed by atoms with Crippen LogP contribution in [-0.2, 0) is 11.3 Å². The smallest absolute Gasteiger partial charge is 0.197 e. The Bertz CT molecular complexity index is 266. The van der Waals surface area contributed by atoms with Crippen LogP contribution in [0.5, 0.6) is 0 Å². The molecule has 0 unspecified atom stereocenters. The molecule has 0 aliphatic carbocycles. The summed E-state index contributed by atoms with van der Waals surface area (Å²) >= 11 is 0. The van der Waals surface area contributed by atoms with Crippen LogP contribution in [0.1, 0.15) is 30.3 Å². The molecule has 2 heterocycles. The minimum atomic E-state index is 0.425. The van der Waals surface area contributed by atoms with E-state index in [-0.39, 0.29) is 0 Å². The highest BCUT2D eigenvalue weighted by Gasteiger charge is 2.20. The van der Waals surface area contributed by atoms with Crippen molar-refractivity contribution in [3.8, 4) is 0 Å². The molecule has 2 N–H and O–H groups in total. The van der Waals surface area contributed by atoms with E-state index in [9.17, 15) is 0 Å². The fourth-order valence-electron chi connectivity index (χ4n) is 1.55. The molecule has 4 heteroatoms. The van der Waals surface area contributed by atoms with Gasteiger partial charge in [0.05, 0.1) is 5.69 Å². The lowest BCUT2D eigenvalue weighted by Gasteiger charge is -2.18. The van der Waals surface area contributed by atoms with Crippen LogP contribution in [0.15, 0.2) is 10.7 Å². The first kappa shape index (κ1) is 8.72. The molecule has 0 aromatic carbocycles. The first-order valence-corrected chi connectivity index (χ1v) is 4.62. The van der Waals surface area contributed by atoms with Gasteiger partial charge >= 0.3 is 0 Å². The molecule has 1 fully saturated rings. The third kappa shape index (κ3) is 1.89. The maximum absolute atomic E-state index is 5.45. The maximum Gasteiger partial charge on any atom is 0.197 e. The van der Waals surface area contributed by atoms with E-state index in [1.54, 1.807) is 6.26 Å². The van der Waals surface area contributed by atoms with Crippen LogP contribution in [0.25, 0.3) is 0 Å². The molecule has 0 saturated carbocycles. The van der Waals surface area contributed by atoms with E-state index < -0.39 is 0 Å². The Labute approximate surface area is 77.1 Å². The molecule has 0 atom stereocenters. The highest BCUT2D eigenvalue weighted by molar-refractivity contribution is 5.00. The molecule has 1 aromatic rings. The second kappa shape index (κ2) is 3.89. The third-order valence-corrected chi connectivity index (χ3v) is 2.35. The molecule has 72 valence electrons. The third-order valence-electron chi connectivity index (χ3n) is 2.35. The zero-order valence-electron chi connectivity index (χ0n) is 7.53. The fraction of sp³-hybridized carbons (Fsp3) is 0.667. The lowest BCUT2D eigenvalue weighted by atomic mass is 10.0. The Morgan fingerprint density at radius 3 is 2.85 bits per heavy atom. The Balaban J connectivity index is 2.05. The predicted octanol–water partition coefficient (Wildman–Crippen LogP) is 1.03. The Morgan fingerprint density at radius 2 is 2.23 bits per heavy atom. The molecule has 1 aromatic heterocycles. The molecular formula is C9H14N2O2. The molecule has 2 rings (SSSR count). The number of hydrogen-bond acceptors (Lipinski definition) is 4. The summed E-state index contributed by atoms with van der Waals surface area (Å²) in [5.41, 5.74) is 6.28. The molecular weight excluding hydrogens is 168 g/mol. The standard InChI is InChI=1S/C9H14N2O2/c10-5-8-6-13-9(11-8)7-1-3-12-4-2-7/h6-7H,1-5,10H2. The summed E-state index contributed by atoms with van der Waals surface area (Å²) in [4.78, 5) is 4.31. The van der Waals surface area contributed by atoms with Crippen molar-refractivity contribution in [1.82, 2.24) is 4.98 Å². The Kier molecular flexibility index (Phi) is 2.61. The van der Waals surface area contributed by atoms with E-state index in [4.69, 9.17) is 14.9 Å². The van der Waals surface area contributed by atoms with Crippen LogP contribution in [0.4, 0.5) is 0 Å². The van der Waals surface area contributed by atoms with E-state index in [1.807, 2.05) is 0 Å². The minimum absolute atomic E-state index is 0.425. The van der Waals surface area contributed by atoms with Gasteiger partial charge in [-0.3, -0.25) is 0 Å². The van der Waals surface area contributed by atoms with E-state index >= 15 is 0 Å². The van der Waals surface area contributed by atoms with E-state index in [2.05, 4.69) is 4.98 Å². The largest absolute Gasteiger partial charge is 0.448 e. The highest BCUT2D eigenvalue weighted by Crippen LogP contribution is 2.25. The molecule has 4 nitrogen and oxygen atoms in total. The number of hydrogen-bond donors (Lipinski definition) is 1. The summed E-state index contributed by atoms with van der Waals surface area (Å²) in [5.74, 6) is 1.25. The van der Waals surface area contributed by atoms with Gasteiger partial charge in [-0.05, 0) is 12.8 Å². The summed E-state index contributed by atoms with van der Waals surface area (Å²) in [5, 5.41) is 0. The van der Waals surface area contributed by atoms with Gasteiger partial charge in [-0.25, -0.2) is 4.98 Å². The Hall–Kier alpha value is -0.870. The van der Waals surface area contributed by atoms with Gasteiger partial charge in [0.1, 0.15) is 6.26 Å². The lowest BCUT2D eigenvalue weighted by Crippen LogP contribution is -2.14. The van der Waals surface area contributed by atoms with Crippen molar-refractivity contribution in [2.24, 2.45) is 5.73 Å². The zero-order chi connectivity index (χ0) is 9.10. The van der Waals surface area contributed by atoms with Crippen LogP contribution in [0.3, 0.4) is 0 Å². The van der Waals surface area contributed by atoms with E-state index in [0.717, 1.165) is 37.6 Å². The van der Waals surface area contributed by atoms with Crippen molar-refractivity contribution in [3.63, 3.8) is 0 Å². The fourth-order valence-corrected chi connectivity index (χ4v) is 1.55. The van der Waals surface area contributed by atoms with Crippen molar-refractivity contribution in [2.45, 2.75) is 25.3 Å². The topological polar surface area (TPSA) is 61.3 Å². The highest BCUT2D eigenvalue weighted by atomic mass is 16.5. The van der Waals surface area contributed by atoms with Gasteiger partial charge < -0.3 is 14.9 Å². The minimum Gasteiger partial charge on any atom is -0.448 e. The van der Waals surface area contributed by atoms with Gasteiger partial charge in [-0.1, -0.05) is 0 Å². The number of ether oxygens (including phenoxy) is 1. The average Bonchev–Trinajstić information content (AvgIpc) is 2.67. The van der Waals surface area contributed by atoms with Crippen LogP contribution in [0, 0.1) is 0 Å². The van der Waals surface area contributed by atoms with Gasteiger partial charge in [0.25, 0.3) is 0 Å². The number of aromatic nitrogens is 1. The molecule has 13 heavy (non-hydrogen) atoms. The molecule has 0 spiro atoms. The van der Waals surface area contributed by atoms with Crippen molar-refractivity contribution in [3.05, 3.63) is 17.8 Å². The molecule has 1 aliphatic rings. The number of rotatable bonds is 2. The second-order valence-electron chi connectivity index (χ2n) is 3.27. The average molecular weight is 182 g/mol. The summed E-state index contributed by atoms with van der Waals surface area (Å²) in [6.07, 6.45) is 3.65. The summed E-state index contributed by atoms with van der Waals surface area (Å²) in [6, 6.07) is 0. The van der Waals surface area contributed by atoms with Crippen LogP contribution in [-0.4, -0.2) is 18.2 Å².